The van der Waals surface area contributed by atoms with Gasteiger partial charge in [-0.15, -0.1) is 0 Å². The molecule has 3 rings (SSSR count). The van der Waals surface area contributed by atoms with Crippen molar-refractivity contribution in [3.63, 3.8) is 0 Å². The van der Waals surface area contributed by atoms with Crippen molar-refractivity contribution in [2.24, 2.45) is 11.3 Å². The molecule has 0 bridgehead atoms. The number of hydrogen-bond donors (Lipinski definition) is 1. The summed E-state index contributed by atoms with van der Waals surface area (Å²) in [5, 5.41) is 9.91. The number of aliphatic hydroxyl groups is 1. The van der Waals surface area contributed by atoms with E-state index in [9.17, 15) is 5.11 Å². The first kappa shape index (κ1) is 12.2. The Kier molecular flexibility index (Phi) is 3.16. The monoisotopic (exact) mass is 246 g/mol. The van der Waals surface area contributed by atoms with Crippen molar-refractivity contribution in [2.45, 2.75) is 38.7 Å². The van der Waals surface area contributed by atoms with E-state index in [0.29, 0.717) is 5.92 Å². The molecule has 0 spiro atoms. The van der Waals surface area contributed by atoms with E-state index in [-0.39, 0.29) is 18.1 Å². The molecule has 0 amide bonds. The maximum atomic E-state index is 9.91. The predicted octanol–water partition coefficient (Wildman–Crippen LogP) is 2.72. The van der Waals surface area contributed by atoms with Gasteiger partial charge in [0.05, 0.1) is 12.7 Å². The van der Waals surface area contributed by atoms with Crippen LogP contribution >= 0.6 is 0 Å². The number of aryl methyl sites for hydroxylation is 1. The first-order valence-electron chi connectivity index (χ1n) is 7.01. The van der Waals surface area contributed by atoms with E-state index >= 15 is 0 Å². The minimum absolute atomic E-state index is 0.0328. The van der Waals surface area contributed by atoms with Crippen LogP contribution < -0.4 is 0 Å². The number of hydrogen-bond acceptors (Lipinski definition) is 2. The van der Waals surface area contributed by atoms with E-state index in [1.54, 1.807) is 0 Å². The molecule has 18 heavy (non-hydrogen) atoms. The second-order valence-corrected chi connectivity index (χ2v) is 6.07. The quantitative estimate of drug-likeness (QED) is 0.885. The lowest BCUT2D eigenvalue weighted by molar-refractivity contribution is 0.000580. The van der Waals surface area contributed by atoms with Crippen LogP contribution in [0.5, 0.6) is 0 Å². The van der Waals surface area contributed by atoms with Crippen LogP contribution in [0, 0.1) is 18.3 Å². The lowest BCUT2D eigenvalue weighted by Crippen LogP contribution is -2.38. The summed E-state index contributed by atoms with van der Waals surface area (Å²) < 4.78 is 5.93. The molecule has 2 unspecified atom stereocenters. The van der Waals surface area contributed by atoms with E-state index in [1.807, 2.05) is 0 Å². The molecule has 1 aliphatic heterocycles. The minimum Gasteiger partial charge on any atom is -0.396 e. The molecule has 2 atom stereocenters. The SMILES string of the molecule is Cc1cccc(CC2(CO)CCOC2C2CC2)c1. The molecule has 1 heterocycles. The van der Waals surface area contributed by atoms with Gasteiger partial charge in [0.15, 0.2) is 0 Å². The molecule has 1 saturated carbocycles. The summed E-state index contributed by atoms with van der Waals surface area (Å²) in [5.41, 5.74) is 2.59. The van der Waals surface area contributed by atoms with Crippen molar-refractivity contribution in [3.8, 4) is 0 Å². The van der Waals surface area contributed by atoms with Gasteiger partial charge in [-0.3, -0.25) is 0 Å². The molecule has 0 aromatic heterocycles. The van der Waals surface area contributed by atoms with Crippen LogP contribution in [-0.4, -0.2) is 24.4 Å². The van der Waals surface area contributed by atoms with E-state index in [1.165, 1.54) is 24.0 Å². The van der Waals surface area contributed by atoms with Crippen LogP contribution in [0.3, 0.4) is 0 Å². The molecule has 1 N–H and O–H groups in total. The molecule has 98 valence electrons. The van der Waals surface area contributed by atoms with E-state index < -0.39 is 0 Å². The fraction of sp³-hybridized carbons (Fsp3) is 0.625. The highest BCUT2D eigenvalue weighted by Gasteiger charge is 2.50. The lowest BCUT2D eigenvalue weighted by Gasteiger charge is -2.32. The van der Waals surface area contributed by atoms with Gasteiger partial charge in [-0.25, -0.2) is 0 Å². The van der Waals surface area contributed by atoms with E-state index in [0.717, 1.165) is 19.4 Å². The van der Waals surface area contributed by atoms with Crippen LogP contribution in [0.25, 0.3) is 0 Å². The maximum absolute atomic E-state index is 9.91. The Hall–Kier alpha value is -0.860. The minimum atomic E-state index is -0.0328. The largest absolute Gasteiger partial charge is 0.396 e. The molecule has 1 aliphatic carbocycles. The average Bonchev–Trinajstić information content (AvgIpc) is 3.12. The predicted molar refractivity (Wildman–Crippen MR) is 71.5 cm³/mol. The molecule has 2 aliphatic rings. The first-order valence-corrected chi connectivity index (χ1v) is 7.01. The average molecular weight is 246 g/mol. The fourth-order valence-corrected chi connectivity index (χ4v) is 3.39. The van der Waals surface area contributed by atoms with Gasteiger partial charge in [0.1, 0.15) is 0 Å². The summed E-state index contributed by atoms with van der Waals surface area (Å²) in [6.45, 7) is 3.19. The Labute approximate surface area is 109 Å². The van der Waals surface area contributed by atoms with Gasteiger partial charge in [-0.1, -0.05) is 29.8 Å². The van der Waals surface area contributed by atoms with Crippen molar-refractivity contribution in [1.29, 1.82) is 0 Å². The summed E-state index contributed by atoms with van der Waals surface area (Å²) in [6, 6.07) is 8.64. The molecule has 2 heteroatoms. The molecule has 1 aromatic carbocycles. The molecule has 1 aromatic rings. The van der Waals surface area contributed by atoms with E-state index in [2.05, 4.69) is 31.2 Å². The zero-order valence-corrected chi connectivity index (χ0v) is 11.1. The molecule has 2 nitrogen and oxygen atoms in total. The highest BCUT2D eigenvalue weighted by molar-refractivity contribution is 5.24. The first-order chi connectivity index (χ1) is 8.73. The van der Waals surface area contributed by atoms with E-state index in [4.69, 9.17) is 4.74 Å². The number of ether oxygens (including phenoxy) is 1. The van der Waals surface area contributed by atoms with Crippen molar-refractivity contribution < 1.29 is 9.84 Å². The van der Waals surface area contributed by atoms with Gasteiger partial charge in [0.2, 0.25) is 0 Å². The summed E-state index contributed by atoms with van der Waals surface area (Å²) >= 11 is 0. The summed E-state index contributed by atoms with van der Waals surface area (Å²) in [4.78, 5) is 0. The van der Waals surface area contributed by atoms with Gasteiger partial charge < -0.3 is 9.84 Å². The highest BCUT2D eigenvalue weighted by atomic mass is 16.5. The van der Waals surface area contributed by atoms with Gasteiger partial charge >= 0.3 is 0 Å². The van der Waals surface area contributed by atoms with Crippen LogP contribution in [0.4, 0.5) is 0 Å². The Morgan fingerprint density at radius 2 is 2.22 bits per heavy atom. The Morgan fingerprint density at radius 1 is 1.39 bits per heavy atom. The van der Waals surface area contributed by atoms with Gasteiger partial charge in [-0.05, 0) is 44.1 Å². The van der Waals surface area contributed by atoms with Crippen LogP contribution in [0.1, 0.15) is 30.4 Å². The fourth-order valence-electron chi connectivity index (χ4n) is 3.39. The molecular formula is C16H22O2. The highest BCUT2D eigenvalue weighted by Crippen LogP contribution is 2.49. The smallest absolute Gasteiger partial charge is 0.0685 e. The molecule has 0 radical (unpaired) electrons. The van der Waals surface area contributed by atoms with Gasteiger partial charge in [-0.2, -0.15) is 0 Å². The second kappa shape index (κ2) is 4.67. The summed E-state index contributed by atoms with van der Waals surface area (Å²) in [7, 11) is 0. The maximum Gasteiger partial charge on any atom is 0.0685 e. The zero-order valence-electron chi connectivity index (χ0n) is 11.1. The topological polar surface area (TPSA) is 29.5 Å². The molecular weight excluding hydrogens is 224 g/mol. The third-order valence-corrected chi connectivity index (χ3v) is 4.50. The Morgan fingerprint density at radius 3 is 2.89 bits per heavy atom. The van der Waals surface area contributed by atoms with Crippen molar-refractivity contribution in [2.75, 3.05) is 13.2 Å². The second-order valence-electron chi connectivity index (χ2n) is 6.07. The third-order valence-electron chi connectivity index (χ3n) is 4.50. The Bertz CT molecular complexity index is 425. The van der Waals surface area contributed by atoms with Gasteiger partial charge in [0, 0.05) is 12.0 Å². The third kappa shape index (κ3) is 2.19. The normalized spacial score (nSPS) is 31.8. The standard InChI is InChI=1S/C16H22O2/c1-12-3-2-4-13(9-12)10-16(11-17)7-8-18-15(16)14-5-6-14/h2-4,9,14-15,17H,5-8,10-11H2,1H3. The molecule has 1 saturated heterocycles. The van der Waals surface area contributed by atoms with Crippen LogP contribution in [0.15, 0.2) is 24.3 Å². The van der Waals surface area contributed by atoms with Crippen molar-refractivity contribution in [3.05, 3.63) is 35.4 Å². The van der Waals surface area contributed by atoms with Crippen molar-refractivity contribution >= 4 is 0 Å². The molecule has 2 fully saturated rings. The number of benzene rings is 1. The van der Waals surface area contributed by atoms with Crippen LogP contribution in [-0.2, 0) is 11.2 Å². The lowest BCUT2D eigenvalue weighted by atomic mass is 9.74. The number of rotatable bonds is 4. The zero-order chi connectivity index (χ0) is 12.6. The Balaban J connectivity index is 1.82. The summed E-state index contributed by atoms with van der Waals surface area (Å²) in [6.07, 6.45) is 4.79. The van der Waals surface area contributed by atoms with Crippen molar-refractivity contribution in [1.82, 2.24) is 0 Å². The van der Waals surface area contributed by atoms with Gasteiger partial charge in [0.25, 0.3) is 0 Å². The number of aliphatic hydroxyl groups excluding tert-OH is 1. The summed E-state index contributed by atoms with van der Waals surface area (Å²) in [5.74, 6) is 0.699. The van der Waals surface area contributed by atoms with Crippen LogP contribution in [0.2, 0.25) is 0 Å².